The smallest absolute Gasteiger partial charge is 0.305 e. The number of hydrogen-bond donors (Lipinski definition) is 2. The molecule has 1 aromatic heterocycles. The van der Waals surface area contributed by atoms with Crippen LogP contribution >= 0.6 is 11.5 Å². The Kier molecular flexibility index (Phi) is 5.88. The summed E-state index contributed by atoms with van der Waals surface area (Å²) in [5, 5.41) is 15.5. The maximum absolute atomic E-state index is 12.1. The minimum absolute atomic E-state index is 0.0666. The predicted octanol–water partition coefficient (Wildman–Crippen LogP) is 2.03. The molecule has 1 atom stereocenters. The van der Waals surface area contributed by atoms with Crippen LogP contribution in [0.5, 0.6) is 0 Å². The van der Waals surface area contributed by atoms with Crippen LogP contribution in [0, 0.1) is 0 Å². The third-order valence-electron chi connectivity index (χ3n) is 2.66. The summed E-state index contributed by atoms with van der Waals surface area (Å²) in [6.07, 6.45) is 1.39. The molecule has 0 aliphatic carbocycles. The van der Waals surface area contributed by atoms with Gasteiger partial charge in [0.15, 0.2) is 0 Å². The summed E-state index contributed by atoms with van der Waals surface area (Å²) in [7, 11) is 0. The zero-order chi connectivity index (χ0) is 14.4. The molecule has 1 unspecified atom stereocenters. The van der Waals surface area contributed by atoms with Gasteiger partial charge in [-0.1, -0.05) is 31.7 Å². The van der Waals surface area contributed by atoms with Gasteiger partial charge >= 0.3 is 5.97 Å². The molecule has 6 nitrogen and oxygen atoms in total. The highest BCUT2D eigenvalue weighted by molar-refractivity contribution is 7.08. The largest absolute Gasteiger partial charge is 0.481 e. The quantitative estimate of drug-likeness (QED) is 0.799. The molecule has 19 heavy (non-hydrogen) atoms. The van der Waals surface area contributed by atoms with E-state index in [-0.39, 0.29) is 24.3 Å². The lowest BCUT2D eigenvalue weighted by atomic mass is 10.1. The highest BCUT2D eigenvalue weighted by Gasteiger charge is 2.22. The number of amides is 1. The molecule has 0 radical (unpaired) electrons. The van der Waals surface area contributed by atoms with Crippen molar-refractivity contribution in [1.29, 1.82) is 0 Å². The van der Waals surface area contributed by atoms with Crippen molar-refractivity contribution in [3.63, 3.8) is 0 Å². The Balaban J connectivity index is 2.75. The lowest BCUT2D eigenvalue weighted by molar-refractivity contribution is -0.137. The van der Waals surface area contributed by atoms with E-state index in [1.165, 1.54) is 0 Å². The van der Waals surface area contributed by atoms with Crippen molar-refractivity contribution in [3.05, 3.63) is 10.6 Å². The number of aliphatic carboxylic acids is 1. The molecular formula is C12H19N3O3S. The Morgan fingerprint density at radius 2 is 2.11 bits per heavy atom. The van der Waals surface area contributed by atoms with Gasteiger partial charge in [-0.3, -0.25) is 9.59 Å². The molecule has 106 valence electrons. The van der Waals surface area contributed by atoms with Crippen molar-refractivity contribution in [2.75, 3.05) is 0 Å². The van der Waals surface area contributed by atoms with Crippen LogP contribution in [0.3, 0.4) is 0 Å². The standard InChI is InChI=1S/C12H19N3O3S/c1-4-5-8(6-9(16)17)13-12(18)11-10(7(2)3)14-15-19-11/h7-8H,4-6H2,1-3H3,(H,13,18)(H,16,17). The molecule has 0 saturated carbocycles. The van der Waals surface area contributed by atoms with Crippen LogP contribution in [-0.2, 0) is 4.79 Å². The van der Waals surface area contributed by atoms with Gasteiger partial charge in [0.25, 0.3) is 5.91 Å². The number of carbonyl (C=O) groups is 2. The SMILES string of the molecule is CCCC(CC(=O)O)NC(=O)c1snnc1C(C)C. The third kappa shape index (κ3) is 4.59. The topological polar surface area (TPSA) is 92.2 Å². The van der Waals surface area contributed by atoms with E-state index < -0.39 is 5.97 Å². The van der Waals surface area contributed by atoms with Gasteiger partial charge in [0.05, 0.1) is 12.1 Å². The minimum atomic E-state index is -0.912. The molecule has 2 N–H and O–H groups in total. The zero-order valence-corrected chi connectivity index (χ0v) is 12.2. The van der Waals surface area contributed by atoms with Gasteiger partial charge in [0.1, 0.15) is 4.88 Å². The number of rotatable bonds is 7. The molecule has 1 amide bonds. The monoisotopic (exact) mass is 285 g/mol. The second-order valence-electron chi connectivity index (χ2n) is 4.70. The molecule has 0 aliphatic heterocycles. The van der Waals surface area contributed by atoms with Gasteiger partial charge in [0.2, 0.25) is 0 Å². The van der Waals surface area contributed by atoms with Gasteiger partial charge in [-0.2, -0.15) is 0 Å². The number of aromatic nitrogens is 2. The molecular weight excluding hydrogens is 266 g/mol. The maximum atomic E-state index is 12.1. The Morgan fingerprint density at radius 3 is 2.63 bits per heavy atom. The first-order valence-corrected chi connectivity index (χ1v) is 7.07. The van der Waals surface area contributed by atoms with Crippen molar-refractivity contribution >= 4 is 23.4 Å². The van der Waals surface area contributed by atoms with Crippen molar-refractivity contribution in [2.45, 2.75) is 52.0 Å². The van der Waals surface area contributed by atoms with Gasteiger partial charge in [-0.15, -0.1) is 5.10 Å². The first-order valence-electron chi connectivity index (χ1n) is 6.30. The molecule has 1 aromatic rings. The average Bonchev–Trinajstić information content (AvgIpc) is 2.77. The molecule has 1 heterocycles. The highest BCUT2D eigenvalue weighted by atomic mass is 32.1. The third-order valence-corrected chi connectivity index (χ3v) is 3.40. The molecule has 7 heteroatoms. The summed E-state index contributed by atoms with van der Waals surface area (Å²) in [4.78, 5) is 23.4. The van der Waals surface area contributed by atoms with Gasteiger partial charge in [0, 0.05) is 6.04 Å². The lowest BCUT2D eigenvalue weighted by Crippen LogP contribution is -2.36. The lowest BCUT2D eigenvalue weighted by Gasteiger charge is -2.15. The van der Waals surface area contributed by atoms with E-state index >= 15 is 0 Å². The number of carboxylic acids is 1. The maximum Gasteiger partial charge on any atom is 0.305 e. The summed E-state index contributed by atoms with van der Waals surface area (Å²) < 4.78 is 3.79. The first kappa shape index (κ1) is 15.6. The number of hydrogen-bond acceptors (Lipinski definition) is 5. The Morgan fingerprint density at radius 1 is 1.42 bits per heavy atom. The van der Waals surface area contributed by atoms with Gasteiger partial charge in [-0.05, 0) is 23.9 Å². The Labute approximate surface area is 116 Å². The second-order valence-corrected chi connectivity index (χ2v) is 5.45. The van der Waals surface area contributed by atoms with Crippen LogP contribution in [-0.4, -0.2) is 32.6 Å². The van der Waals surface area contributed by atoms with Crippen LogP contribution in [0.2, 0.25) is 0 Å². The summed E-state index contributed by atoms with van der Waals surface area (Å²) in [5.41, 5.74) is 0.660. The van der Waals surface area contributed by atoms with Crippen LogP contribution in [0.15, 0.2) is 0 Å². The molecule has 0 bridgehead atoms. The fourth-order valence-electron chi connectivity index (χ4n) is 1.77. The van der Waals surface area contributed by atoms with E-state index in [4.69, 9.17) is 5.11 Å². The predicted molar refractivity (Wildman–Crippen MR) is 72.4 cm³/mol. The summed E-state index contributed by atoms with van der Waals surface area (Å²) in [6, 6.07) is -0.350. The van der Waals surface area contributed by atoms with Crippen LogP contribution in [0.25, 0.3) is 0 Å². The average molecular weight is 285 g/mol. The van der Waals surface area contributed by atoms with Crippen molar-refractivity contribution in [2.24, 2.45) is 0 Å². The Hall–Kier alpha value is -1.50. The van der Waals surface area contributed by atoms with Crippen LogP contribution in [0.4, 0.5) is 0 Å². The second kappa shape index (κ2) is 7.18. The minimum Gasteiger partial charge on any atom is -0.481 e. The van der Waals surface area contributed by atoms with E-state index in [1.54, 1.807) is 0 Å². The molecule has 0 aliphatic rings. The van der Waals surface area contributed by atoms with Crippen molar-refractivity contribution in [1.82, 2.24) is 14.9 Å². The fraction of sp³-hybridized carbons (Fsp3) is 0.667. The zero-order valence-electron chi connectivity index (χ0n) is 11.3. The molecule has 0 spiro atoms. The molecule has 0 aromatic carbocycles. The number of carbonyl (C=O) groups excluding carboxylic acids is 1. The van der Waals surface area contributed by atoms with E-state index in [0.29, 0.717) is 17.0 Å². The number of nitrogens with one attached hydrogen (secondary N) is 1. The van der Waals surface area contributed by atoms with E-state index in [9.17, 15) is 9.59 Å². The summed E-state index contributed by atoms with van der Waals surface area (Å²) in [6.45, 7) is 5.83. The van der Waals surface area contributed by atoms with Crippen LogP contribution in [0.1, 0.15) is 61.3 Å². The van der Waals surface area contributed by atoms with E-state index in [2.05, 4.69) is 14.9 Å². The van der Waals surface area contributed by atoms with Gasteiger partial charge in [-0.25, -0.2) is 0 Å². The molecule has 0 fully saturated rings. The molecule has 0 saturated heterocycles. The highest BCUT2D eigenvalue weighted by Crippen LogP contribution is 2.20. The van der Waals surface area contributed by atoms with Gasteiger partial charge < -0.3 is 10.4 Å². The van der Waals surface area contributed by atoms with Crippen molar-refractivity contribution in [3.8, 4) is 0 Å². The van der Waals surface area contributed by atoms with E-state index in [0.717, 1.165) is 18.0 Å². The summed E-state index contributed by atoms with van der Waals surface area (Å²) in [5.74, 6) is -1.08. The number of carboxylic acid groups (broad SMARTS) is 1. The summed E-state index contributed by atoms with van der Waals surface area (Å²) >= 11 is 1.04. The Bertz CT molecular complexity index is 445. The number of nitrogens with zero attached hydrogens (tertiary/aromatic N) is 2. The first-order chi connectivity index (χ1) is 8.95. The fourth-order valence-corrected chi connectivity index (χ4v) is 2.49. The molecule has 1 rings (SSSR count). The normalized spacial score (nSPS) is 12.4. The van der Waals surface area contributed by atoms with E-state index in [1.807, 2.05) is 20.8 Å². The van der Waals surface area contributed by atoms with Crippen molar-refractivity contribution < 1.29 is 14.7 Å². The van der Waals surface area contributed by atoms with Crippen LogP contribution < -0.4 is 5.32 Å².